The van der Waals surface area contributed by atoms with Crippen molar-refractivity contribution >= 4 is 27.4 Å². The first-order valence-electron chi connectivity index (χ1n) is 8.39. The van der Waals surface area contributed by atoms with Gasteiger partial charge < -0.3 is 15.0 Å². The average molecular weight is 429 g/mol. The third-order valence-corrected chi connectivity index (χ3v) is 7.40. The van der Waals surface area contributed by atoms with E-state index in [1.807, 2.05) is 0 Å². The van der Waals surface area contributed by atoms with E-state index in [2.05, 4.69) is 5.32 Å². The fourth-order valence-electron chi connectivity index (χ4n) is 2.45. The van der Waals surface area contributed by atoms with Crippen LogP contribution in [0.5, 0.6) is 0 Å². The number of urea groups is 1. The number of nitrogens with zero attached hydrogens (tertiary/aromatic N) is 2. The van der Waals surface area contributed by atoms with Crippen molar-refractivity contribution in [3.05, 3.63) is 17.0 Å². The lowest BCUT2D eigenvalue weighted by molar-refractivity contribution is -0.136. The van der Waals surface area contributed by atoms with Gasteiger partial charge in [0.15, 0.2) is 0 Å². The Hall–Kier alpha value is -1.37. The Morgan fingerprint density at radius 2 is 2.00 bits per heavy atom. The van der Waals surface area contributed by atoms with Crippen LogP contribution in [0.25, 0.3) is 0 Å². The van der Waals surface area contributed by atoms with Gasteiger partial charge in [-0.15, -0.1) is 11.3 Å². The number of morpholine rings is 1. The van der Waals surface area contributed by atoms with Crippen molar-refractivity contribution in [2.75, 3.05) is 39.4 Å². The number of hydrogen-bond acceptors (Lipinski definition) is 5. The van der Waals surface area contributed by atoms with E-state index in [0.29, 0.717) is 18.1 Å². The Labute approximate surface area is 160 Å². The summed E-state index contributed by atoms with van der Waals surface area (Å²) >= 11 is 1.03. The predicted octanol–water partition coefficient (Wildman–Crippen LogP) is 2.25. The molecule has 27 heavy (non-hydrogen) atoms. The molecule has 154 valence electrons. The molecule has 2 heterocycles. The van der Waals surface area contributed by atoms with Gasteiger partial charge in [0.25, 0.3) is 10.0 Å². The number of sulfonamides is 1. The third kappa shape index (κ3) is 6.33. The minimum absolute atomic E-state index is 0.0463. The summed E-state index contributed by atoms with van der Waals surface area (Å²) in [5.41, 5.74) is 0. The SMILES string of the molecule is CCN(CCC(F)(F)F)C(=O)NCc1ccc(S(=O)(=O)N2CCOCC2)s1. The largest absolute Gasteiger partial charge is 0.390 e. The monoisotopic (exact) mass is 429 g/mol. The van der Waals surface area contributed by atoms with Crippen molar-refractivity contribution in [1.82, 2.24) is 14.5 Å². The number of alkyl halides is 3. The van der Waals surface area contributed by atoms with Crippen molar-refractivity contribution in [3.8, 4) is 0 Å². The van der Waals surface area contributed by atoms with Gasteiger partial charge in [0.05, 0.1) is 26.2 Å². The third-order valence-electron chi connectivity index (χ3n) is 3.95. The second-order valence-corrected chi connectivity index (χ2v) is 9.17. The summed E-state index contributed by atoms with van der Waals surface area (Å²) in [5.74, 6) is 0. The Kier molecular flexibility index (Phi) is 7.48. The lowest BCUT2D eigenvalue weighted by Crippen LogP contribution is -2.41. The van der Waals surface area contributed by atoms with E-state index in [1.165, 1.54) is 10.4 Å². The topological polar surface area (TPSA) is 79.0 Å². The molecule has 0 radical (unpaired) electrons. The predicted molar refractivity (Wildman–Crippen MR) is 94.1 cm³/mol. The quantitative estimate of drug-likeness (QED) is 0.721. The first-order valence-corrected chi connectivity index (χ1v) is 10.7. The van der Waals surface area contributed by atoms with Gasteiger partial charge in [-0.25, -0.2) is 13.2 Å². The summed E-state index contributed by atoms with van der Waals surface area (Å²) in [7, 11) is -3.60. The van der Waals surface area contributed by atoms with Gasteiger partial charge in [0.1, 0.15) is 4.21 Å². The first-order chi connectivity index (χ1) is 12.6. The van der Waals surface area contributed by atoms with Crippen LogP contribution in [0.2, 0.25) is 0 Å². The Bertz CT molecular complexity index is 731. The lowest BCUT2D eigenvalue weighted by atomic mass is 10.4. The molecule has 1 aromatic heterocycles. The molecule has 0 saturated carbocycles. The van der Waals surface area contributed by atoms with E-state index in [0.717, 1.165) is 16.2 Å². The summed E-state index contributed by atoms with van der Waals surface area (Å²) in [6.07, 6.45) is -5.40. The summed E-state index contributed by atoms with van der Waals surface area (Å²) in [5, 5.41) is 2.53. The first kappa shape index (κ1) is 21.9. The van der Waals surface area contributed by atoms with Gasteiger partial charge in [-0.2, -0.15) is 17.5 Å². The Morgan fingerprint density at radius 1 is 1.33 bits per heavy atom. The second-order valence-electron chi connectivity index (χ2n) is 5.84. The van der Waals surface area contributed by atoms with Crippen molar-refractivity contribution < 1.29 is 31.1 Å². The molecular formula is C15H22F3N3O4S2. The zero-order chi connectivity index (χ0) is 20.1. The van der Waals surface area contributed by atoms with Crippen LogP contribution in [0.3, 0.4) is 0 Å². The van der Waals surface area contributed by atoms with E-state index < -0.39 is 35.2 Å². The normalized spacial score (nSPS) is 16.3. The van der Waals surface area contributed by atoms with Crippen LogP contribution in [0.4, 0.5) is 18.0 Å². The summed E-state index contributed by atoms with van der Waals surface area (Å²) < 4.78 is 68.7. The highest BCUT2D eigenvalue weighted by Gasteiger charge is 2.29. The second kappa shape index (κ2) is 9.22. The van der Waals surface area contributed by atoms with Crippen LogP contribution in [-0.2, 0) is 21.3 Å². The van der Waals surface area contributed by atoms with Crippen molar-refractivity contribution in [3.63, 3.8) is 0 Å². The highest BCUT2D eigenvalue weighted by Crippen LogP contribution is 2.25. The molecule has 2 amide bonds. The number of halogens is 3. The standard InChI is InChI=1S/C15H22F3N3O4S2/c1-2-20(6-5-15(16,17)18)14(22)19-11-12-3-4-13(26-12)27(23,24)21-7-9-25-10-8-21/h3-4H,2,5-11H2,1H3,(H,19,22). The molecule has 1 fully saturated rings. The van der Waals surface area contributed by atoms with Crippen LogP contribution in [0, 0.1) is 0 Å². The summed E-state index contributed by atoms with van der Waals surface area (Å²) in [4.78, 5) is 13.7. The van der Waals surface area contributed by atoms with E-state index >= 15 is 0 Å². The molecule has 1 N–H and O–H groups in total. The molecule has 1 aliphatic heterocycles. The molecule has 0 atom stereocenters. The molecule has 7 nitrogen and oxygen atoms in total. The molecule has 0 spiro atoms. The number of nitrogens with one attached hydrogen (secondary N) is 1. The average Bonchev–Trinajstić information content (AvgIpc) is 3.10. The Balaban J connectivity index is 1.92. The molecular weight excluding hydrogens is 407 g/mol. The lowest BCUT2D eigenvalue weighted by Gasteiger charge is -2.25. The van der Waals surface area contributed by atoms with E-state index in [9.17, 15) is 26.4 Å². The van der Waals surface area contributed by atoms with Gasteiger partial charge in [-0.05, 0) is 19.1 Å². The van der Waals surface area contributed by atoms with Crippen LogP contribution in [-0.4, -0.2) is 69.2 Å². The minimum atomic E-state index is -4.33. The summed E-state index contributed by atoms with van der Waals surface area (Å²) in [6, 6.07) is 2.44. The molecule has 0 aromatic carbocycles. The number of hydrogen-bond donors (Lipinski definition) is 1. The number of rotatable bonds is 7. The van der Waals surface area contributed by atoms with Gasteiger partial charge in [0, 0.05) is 31.1 Å². The van der Waals surface area contributed by atoms with Crippen LogP contribution < -0.4 is 5.32 Å². The molecule has 1 aliphatic rings. The van der Waals surface area contributed by atoms with Gasteiger partial charge in [-0.3, -0.25) is 0 Å². The van der Waals surface area contributed by atoms with E-state index in [-0.39, 0.29) is 30.4 Å². The van der Waals surface area contributed by atoms with Crippen LogP contribution >= 0.6 is 11.3 Å². The molecule has 0 bridgehead atoms. The van der Waals surface area contributed by atoms with Crippen LogP contribution in [0.1, 0.15) is 18.2 Å². The van der Waals surface area contributed by atoms with Crippen molar-refractivity contribution in [2.45, 2.75) is 30.3 Å². The molecule has 0 aliphatic carbocycles. The number of carbonyl (C=O) groups excluding carboxylic acids is 1. The molecule has 1 saturated heterocycles. The molecule has 0 unspecified atom stereocenters. The number of amides is 2. The number of carbonyl (C=O) groups is 1. The molecule has 1 aromatic rings. The highest BCUT2D eigenvalue weighted by atomic mass is 32.2. The number of thiophene rings is 1. The van der Waals surface area contributed by atoms with Gasteiger partial charge in [0.2, 0.25) is 0 Å². The van der Waals surface area contributed by atoms with Crippen molar-refractivity contribution in [1.29, 1.82) is 0 Å². The minimum Gasteiger partial charge on any atom is -0.379 e. The zero-order valence-electron chi connectivity index (χ0n) is 14.8. The van der Waals surface area contributed by atoms with Gasteiger partial charge >= 0.3 is 12.2 Å². The zero-order valence-corrected chi connectivity index (χ0v) is 16.4. The maximum Gasteiger partial charge on any atom is 0.390 e. The van der Waals surface area contributed by atoms with E-state index in [1.54, 1.807) is 13.0 Å². The fraction of sp³-hybridized carbons (Fsp3) is 0.667. The molecule has 12 heteroatoms. The Morgan fingerprint density at radius 3 is 2.59 bits per heavy atom. The van der Waals surface area contributed by atoms with Crippen LogP contribution in [0.15, 0.2) is 16.3 Å². The van der Waals surface area contributed by atoms with Gasteiger partial charge in [-0.1, -0.05) is 0 Å². The maximum absolute atomic E-state index is 12.6. The number of ether oxygens (including phenoxy) is 1. The highest BCUT2D eigenvalue weighted by molar-refractivity contribution is 7.91. The van der Waals surface area contributed by atoms with E-state index in [4.69, 9.17) is 4.74 Å². The summed E-state index contributed by atoms with van der Waals surface area (Å²) in [6.45, 7) is 2.62. The smallest absolute Gasteiger partial charge is 0.379 e. The fourth-order valence-corrected chi connectivity index (χ4v) is 5.30. The maximum atomic E-state index is 12.6. The molecule has 2 rings (SSSR count). The van der Waals surface area contributed by atoms with Crippen molar-refractivity contribution in [2.24, 2.45) is 0 Å².